The smallest absolute Gasteiger partial charge is 0.312 e. The number of nitrogens with two attached hydrogens (primary N) is 1. The third-order valence-electron chi connectivity index (χ3n) is 3.20. The second-order valence-electron chi connectivity index (χ2n) is 5.60. The van der Waals surface area contributed by atoms with Crippen molar-refractivity contribution in [3.63, 3.8) is 0 Å². The Morgan fingerprint density at radius 1 is 1.50 bits per heavy atom. The standard InChI is InChI=1S/C15H22ClNO3/c1-4-12(17)8-10-7-11(16)5-6-13(10)20-9-15(2,3)14(18)19/h5-7,12H,4,8-9,17H2,1-3H3,(H,18,19). The highest BCUT2D eigenvalue weighted by atomic mass is 35.5. The molecule has 0 radical (unpaired) electrons. The second-order valence-corrected chi connectivity index (χ2v) is 6.04. The molecule has 0 spiro atoms. The highest BCUT2D eigenvalue weighted by Crippen LogP contribution is 2.26. The molecule has 1 aromatic rings. The molecule has 1 rings (SSSR count). The van der Waals surface area contributed by atoms with Gasteiger partial charge in [-0.25, -0.2) is 0 Å². The van der Waals surface area contributed by atoms with E-state index in [4.69, 9.17) is 27.2 Å². The van der Waals surface area contributed by atoms with Crippen LogP contribution in [0.15, 0.2) is 18.2 Å². The van der Waals surface area contributed by atoms with Gasteiger partial charge in [0.05, 0.1) is 5.41 Å². The lowest BCUT2D eigenvalue weighted by molar-refractivity contribution is -0.148. The Labute approximate surface area is 124 Å². The van der Waals surface area contributed by atoms with E-state index in [1.54, 1.807) is 26.0 Å². The van der Waals surface area contributed by atoms with Crippen LogP contribution < -0.4 is 10.5 Å². The average molecular weight is 300 g/mol. The fraction of sp³-hybridized carbons (Fsp3) is 0.533. The lowest BCUT2D eigenvalue weighted by Crippen LogP contribution is -2.31. The van der Waals surface area contributed by atoms with Gasteiger partial charge in [0.2, 0.25) is 0 Å². The Balaban J connectivity index is 2.86. The number of benzene rings is 1. The van der Waals surface area contributed by atoms with E-state index >= 15 is 0 Å². The summed E-state index contributed by atoms with van der Waals surface area (Å²) in [6.07, 6.45) is 1.51. The van der Waals surface area contributed by atoms with Crippen LogP contribution in [0.5, 0.6) is 5.75 Å². The quantitative estimate of drug-likeness (QED) is 0.811. The summed E-state index contributed by atoms with van der Waals surface area (Å²) in [5.41, 5.74) is 5.93. The second kappa shape index (κ2) is 6.95. The summed E-state index contributed by atoms with van der Waals surface area (Å²) < 4.78 is 5.67. The number of hydrogen-bond donors (Lipinski definition) is 2. The van der Waals surface area contributed by atoms with Gasteiger partial charge in [-0.05, 0) is 50.5 Å². The molecule has 5 heteroatoms. The molecule has 1 unspecified atom stereocenters. The first-order valence-electron chi connectivity index (χ1n) is 6.66. The highest BCUT2D eigenvalue weighted by Gasteiger charge is 2.28. The van der Waals surface area contributed by atoms with E-state index < -0.39 is 11.4 Å². The van der Waals surface area contributed by atoms with Crippen molar-refractivity contribution in [2.75, 3.05) is 6.61 Å². The number of rotatable bonds is 7. The van der Waals surface area contributed by atoms with Crippen LogP contribution in [-0.4, -0.2) is 23.7 Å². The molecule has 20 heavy (non-hydrogen) atoms. The van der Waals surface area contributed by atoms with Gasteiger partial charge in [0.15, 0.2) is 0 Å². The van der Waals surface area contributed by atoms with Crippen molar-refractivity contribution in [1.29, 1.82) is 0 Å². The molecule has 112 valence electrons. The summed E-state index contributed by atoms with van der Waals surface area (Å²) in [5.74, 6) is -0.245. The normalized spacial score (nSPS) is 13.1. The zero-order valence-corrected chi connectivity index (χ0v) is 12.9. The van der Waals surface area contributed by atoms with Crippen molar-refractivity contribution >= 4 is 17.6 Å². The summed E-state index contributed by atoms with van der Waals surface area (Å²) in [6, 6.07) is 5.34. The number of halogens is 1. The minimum atomic E-state index is -0.941. The molecule has 1 atom stereocenters. The number of aliphatic carboxylic acids is 1. The van der Waals surface area contributed by atoms with Gasteiger partial charge >= 0.3 is 5.97 Å². The number of carboxylic acid groups (broad SMARTS) is 1. The molecule has 0 heterocycles. The van der Waals surface area contributed by atoms with E-state index in [0.29, 0.717) is 17.2 Å². The molecule has 0 aliphatic carbocycles. The summed E-state index contributed by atoms with van der Waals surface area (Å²) >= 11 is 5.99. The molecule has 0 aliphatic heterocycles. The van der Waals surface area contributed by atoms with Gasteiger partial charge < -0.3 is 15.6 Å². The van der Waals surface area contributed by atoms with Crippen LogP contribution in [0.3, 0.4) is 0 Å². The molecule has 0 aliphatic rings. The Bertz CT molecular complexity index is 474. The maximum atomic E-state index is 11.1. The largest absolute Gasteiger partial charge is 0.492 e. The van der Waals surface area contributed by atoms with Crippen molar-refractivity contribution in [2.45, 2.75) is 39.7 Å². The van der Waals surface area contributed by atoms with E-state index in [-0.39, 0.29) is 12.6 Å². The lowest BCUT2D eigenvalue weighted by Gasteiger charge is -2.21. The SMILES string of the molecule is CCC(N)Cc1cc(Cl)ccc1OCC(C)(C)C(=O)O. The van der Waals surface area contributed by atoms with Gasteiger partial charge in [-0.15, -0.1) is 0 Å². The topological polar surface area (TPSA) is 72.5 Å². The van der Waals surface area contributed by atoms with Crippen molar-refractivity contribution in [3.8, 4) is 5.75 Å². The molecular weight excluding hydrogens is 278 g/mol. The predicted molar refractivity (Wildman–Crippen MR) is 80.3 cm³/mol. The number of ether oxygens (including phenoxy) is 1. The summed E-state index contributed by atoms with van der Waals surface area (Å²) in [4.78, 5) is 11.1. The Morgan fingerprint density at radius 2 is 2.15 bits per heavy atom. The molecule has 0 saturated carbocycles. The molecular formula is C15H22ClNO3. The van der Waals surface area contributed by atoms with E-state index in [1.165, 1.54) is 0 Å². The molecule has 0 saturated heterocycles. The number of carboxylic acids is 1. The minimum absolute atomic E-state index is 0.0308. The predicted octanol–water partition coefficient (Wildman–Crippen LogP) is 3.11. The van der Waals surface area contributed by atoms with Crippen LogP contribution in [0.4, 0.5) is 0 Å². The van der Waals surface area contributed by atoms with Crippen molar-refractivity contribution in [1.82, 2.24) is 0 Å². The van der Waals surface area contributed by atoms with Gasteiger partial charge in [-0.2, -0.15) is 0 Å². The molecule has 1 aromatic carbocycles. The first kappa shape index (κ1) is 16.8. The summed E-state index contributed by atoms with van der Waals surface area (Å²) in [6.45, 7) is 5.37. The molecule has 0 aromatic heterocycles. The molecule has 0 bridgehead atoms. The first-order chi connectivity index (χ1) is 9.26. The van der Waals surface area contributed by atoms with Gasteiger partial charge in [0, 0.05) is 11.1 Å². The number of hydrogen-bond acceptors (Lipinski definition) is 3. The van der Waals surface area contributed by atoms with Crippen molar-refractivity contribution in [3.05, 3.63) is 28.8 Å². The first-order valence-corrected chi connectivity index (χ1v) is 7.04. The monoisotopic (exact) mass is 299 g/mol. The van der Waals surface area contributed by atoms with Crippen LogP contribution >= 0.6 is 11.6 Å². The van der Waals surface area contributed by atoms with Gasteiger partial charge in [-0.3, -0.25) is 4.79 Å². The van der Waals surface area contributed by atoms with Crippen LogP contribution in [0, 0.1) is 5.41 Å². The van der Waals surface area contributed by atoms with Crippen LogP contribution in [0.25, 0.3) is 0 Å². The fourth-order valence-electron chi connectivity index (χ4n) is 1.60. The third-order valence-corrected chi connectivity index (χ3v) is 3.43. The summed E-state index contributed by atoms with van der Waals surface area (Å²) in [7, 11) is 0. The van der Waals surface area contributed by atoms with E-state index in [1.807, 2.05) is 13.0 Å². The fourth-order valence-corrected chi connectivity index (χ4v) is 1.79. The average Bonchev–Trinajstić information content (AvgIpc) is 2.37. The van der Waals surface area contributed by atoms with Crippen molar-refractivity contribution < 1.29 is 14.6 Å². The molecule has 0 amide bonds. The zero-order chi connectivity index (χ0) is 15.3. The van der Waals surface area contributed by atoms with Gasteiger partial charge in [0.1, 0.15) is 12.4 Å². The zero-order valence-electron chi connectivity index (χ0n) is 12.1. The van der Waals surface area contributed by atoms with Crippen LogP contribution in [0.2, 0.25) is 5.02 Å². The Kier molecular flexibility index (Phi) is 5.84. The third kappa shape index (κ3) is 4.69. The minimum Gasteiger partial charge on any atom is -0.492 e. The molecule has 0 fully saturated rings. The highest BCUT2D eigenvalue weighted by molar-refractivity contribution is 6.30. The Morgan fingerprint density at radius 3 is 2.70 bits per heavy atom. The van der Waals surface area contributed by atoms with E-state index in [0.717, 1.165) is 12.0 Å². The number of carbonyl (C=O) groups is 1. The van der Waals surface area contributed by atoms with E-state index in [9.17, 15) is 4.79 Å². The van der Waals surface area contributed by atoms with Gasteiger partial charge in [0.25, 0.3) is 0 Å². The summed E-state index contributed by atoms with van der Waals surface area (Å²) in [5, 5.41) is 9.71. The van der Waals surface area contributed by atoms with Gasteiger partial charge in [-0.1, -0.05) is 18.5 Å². The lowest BCUT2D eigenvalue weighted by atomic mass is 9.95. The Hall–Kier alpha value is -1.26. The molecule has 3 N–H and O–H groups in total. The van der Waals surface area contributed by atoms with Crippen molar-refractivity contribution in [2.24, 2.45) is 11.1 Å². The maximum absolute atomic E-state index is 11.1. The van der Waals surface area contributed by atoms with Crippen LogP contribution in [-0.2, 0) is 11.2 Å². The maximum Gasteiger partial charge on any atom is 0.312 e. The van der Waals surface area contributed by atoms with Crippen LogP contribution in [0.1, 0.15) is 32.8 Å². The molecule has 4 nitrogen and oxygen atoms in total. The van der Waals surface area contributed by atoms with E-state index in [2.05, 4.69) is 0 Å².